The van der Waals surface area contributed by atoms with Gasteiger partial charge in [0.1, 0.15) is 23.4 Å². The zero-order chi connectivity index (χ0) is 33.4. The van der Waals surface area contributed by atoms with Crippen molar-refractivity contribution in [3.8, 4) is 5.75 Å². The molecule has 0 spiro atoms. The predicted octanol–water partition coefficient (Wildman–Crippen LogP) is 2.27. The van der Waals surface area contributed by atoms with Gasteiger partial charge in [-0.25, -0.2) is 13.2 Å². The summed E-state index contributed by atoms with van der Waals surface area (Å²) < 4.78 is 38.2. The molecule has 0 unspecified atom stereocenters. The smallest absolute Gasteiger partial charge is 0.407 e. The van der Waals surface area contributed by atoms with Crippen LogP contribution in [-0.2, 0) is 29.1 Å². The van der Waals surface area contributed by atoms with Crippen LogP contribution in [0.5, 0.6) is 5.75 Å². The molecular weight excluding hydrogens is 614 g/mol. The highest BCUT2D eigenvalue weighted by molar-refractivity contribution is 7.91. The number of carbonyl (C=O) groups excluding carboxylic acids is 4. The van der Waals surface area contributed by atoms with Gasteiger partial charge in [-0.15, -0.1) is 6.58 Å². The maximum absolute atomic E-state index is 14.1. The molecule has 0 bridgehead atoms. The van der Waals surface area contributed by atoms with E-state index in [1.54, 1.807) is 33.0 Å². The monoisotopic (exact) mass is 655 g/mol. The summed E-state index contributed by atoms with van der Waals surface area (Å²) in [4.78, 5) is 59.4. The van der Waals surface area contributed by atoms with Gasteiger partial charge in [-0.3, -0.25) is 24.1 Å². The molecule has 5 rings (SSSR count). The summed E-state index contributed by atoms with van der Waals surface area (Å²) >= 11 is 0. The number of ether oxygens (including phenoxy) is 2. The average molecular weight is 656 g/mol. The third-order valence-electron chi connectivity index (χ3n) is 8.87. The lowest BCUT2D eigenvalue weighted by molar-refractivity contribution is -0.142. The van der Waals surface area contributed by atoms with Crippen molar-refractivity contribution < 1.29 is 37.1 Å². The maximum atomic E-state index is 14.1. The Hall–Kier alpha value is -4.20. The molecule has 2 saturated carbocycles. The van der Waals surface area contributed by atoms with Crippen LogP contribution in [0.15, 0.2) is 49.2 Å². The van der Waals surface area contributed by atoms with E-state index in [0.717, 1.165) is 10.9 Å². The number of hydrogen-bond acceptors (Lipinski definition) is 9. The largest absolute Gasteiger partial charge is 0.492 e. The molecule has 4 amide bonds. The first-order chi connectivity index (χ1) is 21.7. The Bertz CT molecular complexity index is 1650. The fraction of sp³-hybridized carbons (Fsp3) is 0.531. The Kier molecular flexibility index (Phi) is 9.04. The van der Waals surface area contributed by atoms with Gasteiger partial charge in [-0.1, -0.05) is 39.0 Å². The first kappa shape index (κ1) is 33.2. The molecular formula is C32H41N5O8S. The van der Waals surface area contributed by atoms with Crippen molar-refractivity contribution in [1.29, 1.82) is 0 Å². The third-order valence-corrected chi connectivity index (χ3v) is 10.7. The molecule has 2 aliphatic carbocycles. The number of benzene rings is 1. The molecule has 13 nitrogen and oxygen atoms in total. The number of carbonyl (C=O) groups is 4. The minimum atomic E-state index is -3.86. The van der Waals surface area contributed by atoms with Crippen molar-refractivity contribution in [2.24, 2.45) is 17.3 Å². The highest BCUT2D eigenvalue weighted by Crippen LogP contribution is 2.45. The Balaban J connectivity index is 1.39. The van der Waals surface area contributed by atoms with E-state index in [4.69, 9.17) is 9.47 Å². The Morgan fingerprint density at radius 3 is 2.52 bits per heavy atom. The van der Waals surface area contributed by atoms with Gasteiger partial charge in [-0.05, 0) is 49.3 Å². The lowest BCUT2D eigenvalue weighted by Crippen LogP contribution is -2.60. The number of amides is 4. The van der Waals surface area contributed by atoms with Crippen LogP contribution in [0, 0.1) is 17.3 Å². The van der Waals surface area contributed by atoms with Crippen LogP contribution in [0.25, 0.3) is 10.9 Å². The van der Waals surface area contributed by atoms with E-state index in [1.165, 1.54) is 18.1 Å². The number of nitrogens with one attached hydrogen (secondary N) is 3. The summed E-state index contributed by atoms with van der Waals surface area (Å²) in [6.07, 6.45) is 3.67. The van der Waals surface area contributed by atoms with Gasteiger partial charge >= 0.3 is 6.09 Å². The molecule has 1 aromatic heterocycles. The number of rotatable bonds is 11. The van der Waals surface area contributed by atoms with Gasteiger partial charge in [0.05, 0.1) is 24.5 Å². The predicted molar refractivity (Wildman–Crippen MR) is 169 cm³/mol. The minimum Gasteiger partial charge on any atom is -0.492 e. The summed E-state index contributed by atoms with van der Waals surface area (Å²) in [6.45, 7) is 9.40. The van der Waals surface area contributed by atoms with Crippen molar-refractivity contribution in [1.82, 2.24) is 25.2 Å². The third kappa shape index (κ3) is 6.81. The fourth-order valence-electron chi connectivity index (χ4n) is 5.95. The number of fused-ring (bicyclic) bond motifs is 1. The van der Waals surface area contributed by atoms with Gasteiger partial charge in [0, 0.05) is 30.0 Å². The number of sulfonamides is 1. The molecule has 14 heteroatoms. The van der Waals surface area contributed by atoms with Gasteiger partial charge in [-0.2, -0.15) is 0 Å². The number of hydrogen-bond donors (Lipinski definition) is 3. The van der Waals surface area contributed by atoms with E-state index in [-0.39, 0.29) is 31.9 Å². The SMILES string of the molecule is C=C[C@H]1C[C@]1(NC(=O)[C@@H]1C[C@@H](COc2ccnc3ccccc23)CN1C(=O)[C@@H](NC(=O)OC)C(C)(C)C)C(=O)NS(=O)(=O)C1CC1. The van der Waals surface area contributed by atoms with Crippen LogP contribution in [-0.4, -0.2) is 85.3 Å². The zero-order valence-electron chi connectivity index (χ0n) is 26.4. The zero-order valence-corrected chi connectivity index (χ0v) is 27.3. The van der Waals surface area contributed by atoms with Crippen molar-refractivity contribution in [3.63, 3.8) is 0 Å². The van der Waals surface area contributed by atoms with E-state index >= 15 is 0 Å². The number of alkyl carbamates (subject to hydrolysis) is 1. The van der Waals surface area contributed by atoms with Gasteiger partial charge in [0.25, 0.3) is 5.91 Å². The van der Waals surface area contributed by atoms with Crippen LogP contribution in [0.2, 0.25) is 0 Å². The first-order valence-corrected chi connectivity index (χ1v) is 16.9. The van der Waals surface area contributed by atoms with Crippen LogP contribution in [0.1, 0.15) is 46.5 Å². The topological polar surface area (TPSA) is 173 Å². The Labute approximate surface area is 268 Å². The maximum Gasteiger partial charge on any atom is 0.407 e. The molecule has 46 heavy (non-hydrogen) atoms. The molecule has 1 saturated heterocycles. The summed E-state index contributed by atoms with van der Waals surface area (Å²) in [5.74, 6) is -2.10. The summed E-state index contributed by atoms with van der Waals surface area (Å²) in [7, 11) is -2.67. The summed E-state index contributed by atoms with van der Waals surface area (Å²) in [5.41, 5.74) is -1.50. The van der Waals surface area contributed by atoms with Crippen LogP contribution in [0.3, 0.4) is 0 Å². The van der Waals surface area contributed by atoms with Gasteiger partial charge < -0.3 is 25.0 Å². The Morgan fingerprint density at radius 1 is 1.17 bits per heavy atom. The van der Waals surface area contributed by atoms with Crippen molar-refractivity contribution >= 4 is 44.7 Å². The number of aromatic nitrogens is 1. The number of methoxy groups -OCH3 is 1. The highest BCUT2D eigenvalue weighted by Gasteiger charge is 2.62. The number of pyridine rings is 1. The van der Waals surface area contributed by atoms with E-state index in [9.17, 15) is 27.6 Å². The molecule has 3 fully saturated rings. The van der Waals surface area contributed by atoms with Crippen molar-refractivity contribution in [3.05, 3.63) is 49.2 Å². The normalized spacial score (nSPS) is 24.9. The molecule has 248 valence electrons. The summed E-state index contributed by atoms with van der Waals surface area (Å²) in [5, 5.41) is 5.59. The van der Waals surface area contributed by atoms with Gasteiger partial charge in [0.2, 0.25) is 21.8 Å². The molecule has 3 N–H and O–H groups in total. The summed E-state index contributed by atoms with van der Waals surface area (Å²) in [6, 6.07) is 7.20. The Morgan fingerprint density at radius 2 is 1.89 bits per heavy atom. The van der Waals surface area contributed by atoms with E-state index in [2.05, 4.69) is 26.9 Å². The standard InChI is InChI=1S/C32H41N5O8S/c1-6-20-16-32(20,29(40)36-46(42,43)21-11-12-21)35-27(38)24-15-19(18-45-25-13-14-33-23-10-8-7-9-22(23)25)17-37(24)28(39)26(31(2,3)4)34-30(41)44-5/h6-10,13-14,19-21,24,26H,1,11-12,15-18H2,2-5H3,(H,34,41)(H,35,38)(H,36,40)/t19-,20+,24+,26-,32-/m1/s1. The highest BCUT2D eigenvalue weighted by atomic mass is 32.2. The van der Waals surface area contributed by atoms with E-state index in [0.29, 0.717) is 18.6 Å². The lowest BCUT2D eigenvalue weighted by Gasteiger charge is -2.35. The molecule has 2 heterocycles. The van der Waals surface area contributed by atoms with E-state index < -0.39 is 68.0 Å². The van der Waals surface area contributed by atoms with Gasteiger partial charge in [0.15, 0.2) is 0 Å². The minimum absolute atomic E-state index is 0.134. The second kappa shape index (κ2) is 12.5. The second-order valence-electron chi connectivity index (χ2n) is 13.4. The lowest BCUT2D eigenvalue weighted by atomic mass is 9.85. The molecule has 0 radical (unpaired) electrons. The molecule has 1 aliphatic heterocycles. The molecule has 3 aliphatic rings. The second-order valence-corrected chi connectivity index (χ2v) is 15.3. The molecule has 5 atom stereocenters. The fourth-order valence-corrected chi connectivity index (χ4v) is 7.31. The number of likely N-dealkylation sites (tertiary alicyclic amines) is 1. The van der Waals surface area contributed by atoms with Crippen LogP contribution in [0.4, 0.5) is 4.79 Å². The number of nitrogens with zero attached hydrogens (tertiary/aromatic N) is 2. The van der Waals surface area contributed by atoms with Crippen LogP contribution >= 0.6 is 0 Å². The first-order valence-electron chi connectivity index (χ1n) is 15.3. The van der Waals surface area contributed by atoms with E-state index in [1.807, 2.05) is 24.3 Å². The van der Waals surface area contributed by atoms with Crippen molar-refractivity contribution in [2.45, 2.75) is 69.3 Å². The number of para-hydroxylation sites is 1. The quantitative estimate of drug-likeness (QED) is 0.307. The van der Waals surface area contributed by atoms with Crippen molar-refractivity contribution in [2.75, 3.05) is 20.3 Å². The molecule has 2 aromatic rings. The average Bonchev–Trinajstić information content (AvgIpc) is 3.94. The molecule has 1 aromatic carbocycles. The van der Waals surface area contributed by atoms with Crippen LogP contribution < -0.4 is 20.1 Å².